The fourth-order valence-corrected chi connectivity index (χ4v) is 7.12. The van der Waals surface area contributed by atoms with Crippen LogP contribution in [0.25, 0.3) is 0 Å². The second-order valence-corrected chi connectivity index (χ2v) is 16.6. The van der Waals surface area contributed by atoms with E-state index in [4.69, 9.17) is 14.2 Å². The molecule has 0 aliphatic rings. The molecule has 1 unspecified atom stereocenters. The standard InChI is InChI=1S/C48H92O6/c1-5-8-10-12-14-15-16-17-18-19-20-21-22-23-28-31-35-39-46(49)52-42-45(54-48(51)41-37-33-26-13-11-9-6-2)43-53-47(50)40-36-32-29-25-24-27-30-34-38-44(4)7-3/h44-45H,5-43H2,1-4H3/t44?,45-/m0/s1. The molecule has 0 amide bonds. The number of carbonyl (C=O) groups is 3. The Morgan fingerprint density at radius 2 is 0.648 bits per heavy atom. The first-order valence-corrected chi connectivity index (χ1v) is 23.9. The van der Waals surface area contributed by atoms with Crippen LogP contribution in [0.15, 0.2) is 0 Å². The minimum absolute atomic E-state index is 0.0643. The van der Waals surface area contributed by atoms with Crippen LogP contribution in [-0.4, -0.2) is 37.2 Å². The van der Waals surface area contributed by atoms with Crippen molar-refractivity contribution in [1.82, 2.24) is 0 Å². The second-order valence-electron chi connectivity index (χ2n) is 16.6. The monoisotopic (exact) mass is 765 g/mol. The van der Waals surface area contributed by atoms with Gasteiger partial charge in [0.1, 0.15) is 13.2 Å². The largest absolute Gasteiger partial charge is 0.462 e. The second kappa shape index (κ2) is 42.6. The van der Waals surface area contributed by atoms with Crippen LogP contribution in [0.2, 0.25) is 0 Å². The third-order valence-electron chi connectivity index (χ3n) is 11.2. The molecular formula is C48H92O6. The Kier molecular flexibility index (Phi) is 41.3. The van der Waals surface area contributed by atoms with Gasteiger partial charge in [0.15, 0.2) is 6.10 Å². The third kappa shape index (κ3) is 40.1. The van der Waals surface area contributed by atoms with Crippen LogP contribution < -0.4 is 0 Å². The van der Waals surface area contributed by atoms with Gasteiger partial charge in [-0.25, -0.2) is 0 Å². The van der Waals surface area contributed by atoms with Gasteiger partial charge >= 0.3 is 17.9 Å². The van der Waals surface area contributed by atoms with Crippen molar-refractivity contribution in [3.8, 4) is 0 Å². The highest BCUT2D eigenvalue weighted by molar-refractivity contribution is 5.71. The third-order valence-corrected chi connectivity index (χ3v) is 11.2. The van der Waals surface area contributed by atoms with E-state index in [1.54, 1.807) is 0 Å². The highest BCUT2D eigenvalue weighted by atomic mass is 16.6. The van der Waals surface area contributed by atoms with Crippen molar-refractivity contribution in [3.63, 3.8) is 0 Å². The maximum Gasteiger partial charge on any atom is 0.306 e. The van der Waals surface area contributed by atoms with Crippen LogP contribution in [0.4, 0.5) is 0 Å². The van der Waals surface area contributed by atoms with Gasteiger partial charge in [0.2, 0.25) is 0 Å². The van der Waals surface area contributed by atoms with Crippen LogP contribution in [0, 0.1) is 5.92 Å². The number of rotatable bonds is 43. The first kappa shape index (κ1) is 52.4. The Bertz CT molecular complexity index is 813. The Labute approximate surface area is 336 Å². The Morgan fingerprint density at radius 1 is 0.370 bits per heavy atom. The average molecular weight is 765 g/mol. The molecule has 0 spiro atoms. The molecule has 54 heavy (non-hydrogen) atoms. The minimum Gasteiger partial charge on any atom is -0.462 e. The van der Waals surface area contributed by atoms with Gasteiger partial charge in [-0.2, -0.15) is 0 Å². The van der Waals surface area contributed by atoms with E-state index in [2.05, 4.69) is 27.7 Å². The van der Waals surface area contributed by atoms with Crippen LogP contribution in [0.3, 0.4) is 0 Å². The Hall–Kier alpha value is -1.59. The van der Waals surface area contributed by atoms with Crippen molar-refractivity contribution in [2.24, 2.45) is 5.92 Å². The number of ether oxygens (including phenoxy) is 3. The molecule has 0 fully saturated rings. The summed E-state index contributed by atoms with van der Waals surface area (Å²) in [4.78, 5) is 37.6. The predicted octanol–water partition coefficient (Wildman–Crippen LogP) is 15.1. The molecule has 0 N–H and O–H groups in total. The van der Waals surface area contributed by atoms with E-state index in [1.165, 1.54) is 161 Å². The van der Waals surface area contributed by atoms with Gasteiger partial charge in [-0.05, 0) is 25.2 Å². The molecule has 0 aromatic heterocycles. The van der Waals surface area contributed by atoms with E-state index >= 15 is 0 Å². The zero-order chi connectivity index (χ0) is 39.6. The molecule has 0 aromatic carbocycles. The number of hydrogen-bond acceptors (Lipinski definition) is 6. The molecule has 0 aliphatic heterocycles. The summed E-state index contributed by atoms with van der Waals surface area (Å²) in [5, 5.41) is 0. The maximum absolute atomic E-state index is 12.6. The quantitative estimate of drug-likeness (QED) is 0.0349. The van der Waals surface area contributed by atoms with Gasteiger partial charge in [0.05, 0.1) is 0 Å². The average Bonchev–Trinajstić information content (AvgIpc) is 3.17. The number of esters is 3. The lowest BCUT2D eigenvalue weighted by molar-refractivity contribution is -0.167. The van der Waals surface area contributed by atoms with Crippen LogP contribution in [-0.2, 0) is 28.6 Å². The summed E-state index contributed by atoms with van der Waals surface area (Å²) >= 11 is 0. The van der Waals surface area contributed by atoms with E-state index in [1.807, 2.05) is 0 Å². The molecule has 0 heterocycles. The summed E-state index contributed by atoms with van der Waals surface area (Å²) < 4.78 is 16.7. The number of carbonyl (C=O) groups excluding carboxylic acids is 3. The van der Waals surface area contributed by atoms with Crippen LogP contribution in [0.1, 0.15) is 265 Å². The SMILES string of the molecule is CCCCCCCCCCCCCCCCCCCC(=O)OC[C@@H](COC(=O)CCCCCCCCCCC(C)CC)OC(=O)CCCCCCCCC. The fraction of sp³-hybridized carbons (Fsp3) is 0.938. The van der Waals surface area contributed by atoms with Crippen molar-refractivity contribution in [2.45, 2.75) is 271 Å². The fourth-order valence-electron chi connectivity index (χ4n) is 7.12. The summed E-state index contributed by atoms with van der Waals surface area (Å²) in [5.41, 5.74) is 0. The first-order chi connectivity index (χ1) is 26.4. The molecule has 0 radical (unpaired) electrons. The lowest BCUT2D eigenvalue weighted by Gasteiger charge is -2.18. The summed E-state index contributed by atoms with van der Waals surface area (Å²) in [6, 6.07) is 0. The summed E-state index contributed by atoms with van der Waals surface area (Å²) in [5.74, 6) is -0.0112. The first-order valence-electron chi connectivity index (χ1n) is 23.9. The normalized spacial score (nSPS) is 12.4. The lowest BCUT2D eigenvalue weighted by Crippen LogP contribution is -2.30. The topological polar surface area (TPSA) is 78.9 Å². The molecule has 0 bridgehead atoms. The molecule has 6 nitrogen and oxygen atoms in total. The van der Waals surface area contributed by atoms with E-state index in [0.29, 0.717) is 19.3 Å². The van der Waals surface area contributed by atoms with E-state index < -0.39 is 6.10 Å². The maximum atomic E-state index is 12.6. The van der Waals surface area contributed by atoms with Crippen molar-refractivity contribution < 1.29 is 28.6 Å². The van der Waals surface area contributed by atoms with Gasteiger partial charge < -0.3 is 14.2 Å². The Balaban J connectivity index is 4.19. The van der Waals surface area contributed by atoms with Gasteiger partial charge in [0, 0.05) is 19.3 Å². The van der Waals surface area contributed by atoms with Crippen molar-refractivity contribution in [3.05, 3.63) is 0 Å². The zero-order valence-electron chi connectivity index (χ0n) is 36.7. The van der Waals surface area contributed by atoms with Crippen molar-refractivity contribution in [2.75, 3.05) is 13.2 Å². The van der Waals surface area contributed by atoms with Gasteiger partial charge in [-0.15, -0.1) is 0 Å². The van der Waals surface area contributed by atoms with Gasteiger partial charge in [-0.3, -0.25) is 14.4 Å². The van der Waals surface area contributed by atoms with Crippen molar-refractivity contribution in [1.29, 1.82) is 0 Å². The van der Waals surface area contributed by atoms with Gasteiger partial charge in [0.25, 0.3) is 0 Å². The van der Waals surface area contributed by atoms with Crippen molar-refractivity contribution >= 4 is 17.9 Å². The van der Waals surface area contributed by atoms with Crippen LogP contribution in [0.5, 0.6) is 0 Å². The molecule has 0 saturated carbocycles. The summed E-state index contributed by atoms with van der Waals surface area (Å²) in [6.45, 7) is 8.97. The molecule has 0 aliphatic carbocycles. The molecule has 0 aromatic rings. The molecule has 320 valence electrons. The van der Waals surface area contributed by atoms with E-state index in [-0.39, 0.29) is 31.1 Å². The summed E-state index contributed by atoms with van der Waals surface area (Å²) in [7, 11) is 0. The molecule has 0 saturated heterocycles. The minimum atomic E-state index is -0.759. The summed E-state index contributed by atoms with van der Waals surface area (Å²) in [6.07, 6.45) is 42.4. The van der Waals surface area contributed by atoms with E-state index in [0.717, 1.165) is 63.7 Å². The molecule has 6 heteroatoms. The zero-order valence-corrected chi connectivity index (χ0v) is 36.7. The smallest absolute Gasteiger partial charge is 0.306 e. The number of unbranched alkanes of at least 4 members (excludes halogenated alkanes) is 29. The Morgan fingerprint density at radius 3 is 0.963 bits per heavy atom. The highest BCUT2D eigenvalue weighted by Crippen LogP contribution is 2.17. The highest BCUT2D eigenvalue weighted by Gasteiger charge is 2.19. The number of hydrogen-bond donors (Lipinski definition) is 0. The molecule has 2 atom stereocenters. The predicted molar refractivity (Wildman–Crippen MR) is 229 cm³/mol. The van der Waals surface area contributed by atoms with E-state index in [9.17, 15) is 14.4 Å². The van der Waals surface area contributed by atoms with Crippen LogP contribution >= 0.6 is 0 Å². The van der Waals surface area contributed by atoms with Gasteiger partial charge in [-0.1, -0.05) is 227 Å². The molecule has 0 rings (SSSR count). The molecular weight excluding hydrogens is 673 g/mol. The lowest BCUT2D eigenvalue weighted by atomic mass is 9.99.